The summed E-state index contributed by atoms with van der Waals surface area (Å²) in [6.45, 7) is 5.27. The zero-order valence-corrected chi connectivity index (χ0v) is 10.2. The van der Waals surface area contributed by atoms with E-state index in [1.807, 2.05) is 0 Å². The van der Waals surface area contributed by atoms with Crippen molar-refractivity contribution in [2.24, 2.45) is 0 Å². The molecule has 0 spiro atoms. The summed E-state index contributed by atoms with van der Waals surface area (Å²) in [4.78, 5) is 8.56. The summed E-state index contributed by atoms with van der Waals surface area (Å²) in [5.74, 6) is 0.618. The monoisotopic (exact) mass is 237 g/mol. The molecule has 1 aliphatic rings. The van der Waals surface area contributed by atoms with Crippen LogP contribution in [0.15, 0.2) is 12.4 Å². The third-order valence-electron chi connectivity index (χ3n) is 2.67. The quantitative estimate of drug-likeness (QED) is 0.832. The molecule has 2 heterocycles. The molecule has 0 saturated carbocycles. The largest absolute Gasteiger partial charge is 0.473 e. The number of nitrogens with one attached hydrogen (secondary N) is 1. The molecule has 17 heavy (non-hydrogen) atoms. The molecule has 1 aliphatic heterocycles. The molecule has 1 N–H and O–H groups in total. The predicted molar refractivity (Wildman–Crippen MR) is 63.9 cm³/mol. The Bertz CT molecular complexity index is 340. The van der Waals surface area contributed by atoms with E-state index in [1.165, 1.54) is 0 Å². The van der Waals surface area contributed by atoms with Gasteiger partial charge in [0, 0.05) is 25.6 Å². The summed E-state index contributed by atoms with van der Waals surface area (Å²) in [6, 6.07) is 0. The number of hydrogen-bond donors (Lipinski definition) is 1. The Morgan fingerprint density at radius 1 is 1.41 bits per heavy atom. The predicted octanol–water partition coefficient (Wildman–Crippen LogP) is 1.14. The summed E-state index contributed by atoms with van der Waals surface area (Å²) >= 11 is 0. The normalized spacial score (nSPS) is 17.0. The van der Waals surface area contributed by atoms with Gasteiger partial charge >= 0.3 is 0 Å². The van der Waals surface area contributed by atoms with E-state index in [0.29, 0.717) is 5.88 Å². The Labute approximate surface area is 102 Å². The van der Waals surface area contributed by atoms with E-state index in [1.54, 1.807) is 12.4 Å². The second kappa shape index (κ2) is 6.51. The highest BCUT2D eigenvalue weighted by atomic mass is 16.5. The number of aromatic nitrogens is 2. The van der Waals surface area contributed by atoms with Crippen molar-refractivity contribution in [2.75, 3.05) is 19.8 Å². The smallest absolute Gasteiger partial charge is 0.232 e. The van der Waals surface area contributed by atoms with Gasteiger partial charge in [-0.05, 0) is 6.54 Å². The number of rotatable bonds is 5. The fourth-order valence-corrected chi connectivity index (χ4v) is 1.75. The van der Waals surface area contributed by atoms with Crippen molar-refractivity contribution in [3.63, 3.8) is 0 Å². The van der Waals surface area contributed by atoms with Gasteiger partial charge in [0.05, 0.1) is 25.1 Å². The maximum Gasteiger partial charge on any atom is 0.232 e. The first kappa shape index (κ1) is 12.3. The lowest BCUT2D eigenvalue weighted by molar-refractivity contribution is 0.0235. The van der Waals surface area contributed by atoms with Gasteiger partial charge in [0.25, 0.3) is 0 Å². The highest BCUT2D eigenvalue weighted by molar-refractivity contribution is 5.08. The van der Waals surface area contributed by atoms with Crippen molar-refractivity contribution >= 4 is 0 Å². The molecular formula is C12H19N3O2. The van der Waals surface area contributed by atoms with Crippen LogP contribution < -0.4 is 10.1 Å². The fraction of sp³-hybridized carbons (Fsp3) is 0.667. The summed E-state index contributed by atoms with van der Waals surface area (Å²) in [5, 5.41) is 3.22. The molecule has 1 aromatic rings. The van der Waals surface area contributed by atoms with Gasteiger partial charge in [0.1, 0.15) is 6.10 Å². The summed E-state index contributed by atoms with van der Waals surface area (Å²) in [5.41, 5.74) is 0.913. The van der Waals surface area contributed by atoms with Gasteiger partial charge in [-0.2, -0.15) is 0 Å². The van der Waals surface area contributed by atoms with E-state index in [4.69, 9.17) is 9.47 Å². The first-order valence-electron chi connectivity index (χ1n) is 6.14. The van der Waals surface area contributed by atoms with E-state index >= 15 is 0 Å². The Morgan fingerprint density at radius 3 is 3.00 bits per heavy atom. The molecule has 1 fully saturated rings. The van der Waals surface area contributed by atoms with Gasteiger partial charge in [0.2, 0.25) is 5.88 Å². The lowest BCUT2D eigenvalue weighted by atomic mass is 10.2. The van der Waals surface area contributed by atoms with Crippen LogP contribution in [0.2, 0.25) is 0 Å². The topological polar surface area (TPSA) is 56.3 Å². The number of hydrogen-bond acceptors (Lipinski definition) is 5. The zero-order chi connectivity index (χ0) is 11.9. The van der Waals surface area contributed by atoms with Crippen molar-refractivity contribution in [3.05, 3.63) is 18.1 Å². The van der Waals surface area contributed by atoms with E-state index < -0.39 is 0 Å². The highest BCUT2D eigenvalue weighted by Crippen LogP contribution is 2.15. The van der Waals surface area contributed by atoms with Crippen LogP contribution in [0, 0.1) is 0 Å². The molecular weight excluding hydrogens is 218 g/mol. The average Bonchev–Trinajstić information content (AvgIpc) is 2.38. The van der Waals surface area contributed by atoms with Crippen LogP contribution in [0.25, 0.3) is 0 Å². The van der Waals surface area contributed by atoms with Crippen molar-refractivity contribution in [1.29, 1.82) is 0 Å². The van der Waals surface area contributed by atoms with Gasteiger partial charge in [0.15, 0.2) is 0 Å². The molecule has 1 aromatic heterocycles. The zero-order valence-electron chi connectivity index (χ0n) is 10.2. The van der Waals surface area contributed by atoms with Crippen molar-refractivity contribution in [2.45, 2.75) is 32.4 Å². The van der Waals surface area contributed by atoms with Crippen LogP contribution in [-0.4, -0.2) is 35.8 Å². The maximum atomic E-state index is 5.79. The van der Waals surface area contributed by atoms with E-state index in [0.717, 1.165) is 44.8 Å². The van der Waals surface area contributed by atoms with Crippen molar-refractivity contribution in [3.8, 4) is 5.88 Å². The summed E-state index contributed by atoms with van der Waals surface area (Å²) in [6.07, 6.45) is 5.51. The second-order valence-corrected chi connectivity index (χ2v) is 4.06. The molecule has 5 heteroatoms. The SMILES string of the molecule is CCNCc1cncc(OC2CCOCC2)n1. The number of nitrogens with zero attached hydrogens (tertiary/aromatic N) is 2. The summed E-state index contributed by atoms with van der Waals surface area (Å²) < 4.78 is 11.1. The molecule has 0 aliphatic carbocycles. The van der Waals surface area contributed by atoms with E-state index in [9.17, 15) is 0 Å². The maximum absolute atomic E-state index is 5.79. The summed E-state index contributed by atoms with van der Waals surface area (Å²) in [7, 11) is 0. The molecule has 0 radical (unpaired) electrons. The molecule has 2 rings (SSSR count). The van der Waals surface area contributed by atoms with Gasteiger partial charge < -0.3 is 14.8 Å². The third-order valence-corrected chi connectivity index (χ3v) is 2.67. The second-order valence-electron chi connectivity index (χ2n) is 4.06. The molecule has 94 valence electrons. The lowest BCUT2D eigenvalue weighted by Gasteiger charge is -2.22. The third kappa shape index (κ3) is 3.94. The van der Waals surface area contributed by atoms with Crippen LogP contribution in [0.5, 0.6) is 5.88 Å². The van der Waals surface area contributed by atoms with Gasteiger partial charge in [-0.15, -0.1) is 0 Å². The minimum atomic E-state index is 0.215. The standard InChI is InChI=1S/C12H19N3O2/c1-2-13-7-10-8-14-9-12(15-10)17-11-3-5-16-6-4-11/h8-9,11,13H,2-7H2,1H3. The molecule has 5 nitrogen and oxygen atoms in total. The van der Waals surface area contributed by atoms with Crippen molar-refractivity contribution in [1.82, 2.24) is 15.3 Å². The average molecular weight is 237 g/mol. The van der Waals surface area contributed by atoms with Crippen LogP contribution >= 0.6 is 0 Å². The molecule has 0 atom stereocenters. The van der Waals surface area contributed by atoms with Crippen LogP contribution in [0.1, 0.15) is 25.5 Å². The first-order valence-corrected chi connectivity index (χ1v) is 6.14. The molecule has 0 bridgehead atoms. The minimum Gasteiger partial charge on any atom is -0.473 e. The lowest BCUT2D eigenvalue weighted by Crippen LogP contribution is -2.26. The number of ether oxygens (including phenoxy) is 2. The molecule has 0 unspecified atom stereocenters. The molecule has 0 aromatic carbocycles. The highest BCUT2D eigenvalue weighted by Gasteiger charge is 2.15. The molecule has 0 amide bonds. The van der Waals surface area contributed by atoms with E-state index in [2.05, 4.69) is 22.2 Å². The van der Waals surface area contributed by atoms with Gasteiger partial charge in [-0.3, -0.25) is 4.98 Å². The Kier molecular flexibility index (Phi) is 4.70. The first-order chi connectivity index (χ1) is 8.38. The van der Waals surface area contributed by atoms with Gasteiger partial charge in [-0.1, -0.05) is 6.92 Å². The Morgan fingerprint density at radius 2 is 2.24 bits per heavy atom. The van der Waals surface area contributed by atoms with Crippen LogP contribution in [-0.2, 0) is 11.3 Å². The van der Waals surface area contributed by atoms with E-state index in [-0.39, 0.29) is 6.10 Å². The van der Waals surface area contributed by atoms with Crippen LogP contribution in [0.4, 0.5) is 0 Å². The van der Waals surface area contributed by atoms with Crippen molar-refractivity contribution < 1.29 is 9.47 Å². The molecule has 1 saturated heterocycles. The van der Waals surface area contributed by atoms with Gasteiger partial charge in [-0.25, -0.2) is 4.98 Å². The fourth-order valence-electron chi connectivity index (χ4n) is 1.75. The van der Waals surface area contributed by atoms with Crippen LogP contribution in [0.3, 0.4) is 0 Å². The minimum absolute atomic E-state index is 0.215. The Balaban J connectivity index is 1.90. The Hall–Kier alpha value is -1.20.